The summed E-state index contributed by atoms with van der Waals surface area (Å²) in [7, 11) is 0. The molecule has 184 valence electrons. The average molecular weight is 488 g/mol. The van der Waals surface area contributed by atoms with E-state index in [4.69, 9.17) is 24.7 Å². The third-order valence-corrected chi connectivity index (χ3v) is 5.99. The average Bonchev–Trinajstić information content (AvgIpc) is 2.90. The van der Waals surface area contributed by atoms with Crippen molar-refractivity contribution in [1.82, 2.24) is 24.9 Å². The lowest BCUT2D eigenvalue weighted by Crippen LogP contribution is -2.11. The van der Waals surface area contributed by atoms with Gasteiger partial charge in [0.05, 0.1) is 59.0 Å². The van der Waals surface area contributed by atoms with Gasteiger partial charge in [0.15, 0.2) is 0 Å². The lowest BCUT2D eigenvalue weighted by atomic mass is 9.95. The second kappa shape index (κ2) is 11.2. The number of hydrogen-bond acceptors (Lipinski definition) is 6. The van der Waals surface area contributed by atoms with Gasteiger partial charge >= 0.3 is 0 Å². The maximum atomic E-state index is 6.03. The number of ether oxygens (including phenoxy) is 1. The van der Waals surface area contributed by atoms with Crippen LogP contribution in [0.5, 0.6) is 0 Å². The molecule has 0 unspecified atom stereocenters. The molecular weight excluding hydrogens is 458 g/mol. The highest BCUT2D eigenvalue weighted by Crippen LogP contribution is 2.29. The molecule has 0 N–H and O–H groups in total. The number of aromatic nitrogens is 5. The Bertz CT molecular complexity index is 1470. The highest BCUT2D eigenvalue weighted by molar-refractivity contribution is 5.54. The molecule has 5 heterocycles. The van der Waals surface area contributed by atoms with Crippen molar-refractivity contribution >= 4 is 0 Å². The Hall–Kier alpha value is -4.29. The first-order valence-corrected chi connectivity index (χ1v) is 12.4. The Morgan fingerprint density at radius 2 is 0.919 bits per heavy atom. The predicted molar refractivity (Wildman–Crippen MR) is 144 cm³/mol. The minimum absolute atomic E-state index is 0.167. The van der Waals surface area contributed by atoms with Gasteiger partial charge in [-0.25, -0.2) is 4.98 Å². The van der Waals surface area contributed by atoms with Gasteiger partial charge < -0.3 is 4.74 Å². The Morgan fingerprint density at radius 1 is 0.486 bits per heavy atom. The van der Waals surface area contributed by atoms with Crippen molar-refractivity contribution < 1.29 is 4.74 Å². The Kier molecular flexibility index (Phi) is 7.38. The van der Waals surface area contributed by atoms with E-state index in [0.717, 1.165) is 56.9 Å². The molecule has 5 rings (SSSR count). The van der Waals surface area contributed by atoms with Gasteiger partial charge in [0.25, 0.3) is 0 Å². The standard InChI is InChI=1S/C31H29N5O/c1-21-9-4-14-26(32-21)27-15-7-12-24(35-27)19-37-20-25-13-8-18-30(36-25)31(28-16-5-10-22(2)33-28)29-17-6-11-23(3)34-29/h4-18,31H,19-20H2,1-3H3. The first-order chi connectivity index (χ1) is 18.0. The molecule has 0 radical (unpaired) electrons. The number of hydrogen-bond donors (Lipinski definition) is 0. The molecule has 5 aromatic rings. The van der Waals surface area contributed by atoms with Crippen molar-refractivity contribution in [3.05, 3.63) is 137 Å². The summed E-state index contributed by atoms with van der Waals surface area (Å²) in [5.74, 6) is -0.167. The molecule has 6 nitrogen and oxygen atoms in total. The summed E-state index contributed by atoms with van der Waals surface area (Å²) in [6, 6.07) is 30.0. The molecule has 37 heavy (non-hydrogen) atoms. The third-order valence-electron chi connectivity index (χ3n) is 5.99. The van der Waals surface area contributed by atoms with Crippen LogP contribution in [0.1, 0.15) is 51.5 Å². The van der Waals surface area contributed by atoms with Gasteiger partial charge in [-0.3, -0.25) is 19.9 Å². The molecule has 0 atom stereocenters. The lowest BCUT2D eigenvalue weighted by molar-refractivity contribution is 0.102. The molecule has 5 aromatic heterocycles. The molecule has 0 spiro atoms. The van der Waals surface area contributed by atoms with Crippen LogP contribution in [0.4, 0.5) is 0 Å². The minimum Gasteiger partial charge on any atom is -0.369 e. The van der Waals surface area contributed by atoms with Crippen molar-refractivity contribution in [2.24, 2.45) is 0 Å². The van der Waals surface area contributed by atoms with E-state index < -0.39 is 0 Å². The number of nitrogens with zero attached hydrogens (tertiary/aromatic N) is 5. The van der Waals surface area contributed by atoms with Gasteiger partial charge in [-0.2, -0.15) is 0 Å². The van der Waals surface area contributed by atoms with Crippen molar-refractivity contribution in [2.45, 2.75) is 39.9 Å². The van der Waals surface area contributed by atoms with Gasteiger partial charge in [-0.15, -0.1) is 0 Å². The minimum atomic E-state index is -0.167. The largest absolute Gasteiger partial charge is 0.369 e. The summed E-state index contributed by atoms with van der Waals surface area (Å²) in [4.78, 5) is 23.9. The molecule has 0 aromatic carbocycles. The molecule has 0 aliphatic rings. The zero-order valence-corrected chi connectivity index (χ0v) is 21.3. The van der Waals surface area contributed by atoms with Crippen LogP contribution >= 0.6 is 0 Å². The highest BCUT2D eigenvalue weighted by Gasteiger charge is 2.21. The fraction of sp³-hybridized carbons (Fsp3) is 0.194. The molecular formula is C31H29N5O. The van der Waals surface area contributed by atoms with Gasteiger partial charge in [-0.05, 0) is 81.4 Å². The summed E-state index contributed by atoms with van der Waals surface area (Å²) in [5.41, 5.74) is 9.03. The van der Waals surface area contributed by atoms with Crippen LogP contribution < -0.4 is 0 Å². The molecule has 0 aliphatic carbocycles. The van der Waals surface area contributed by atoms with Crippen molar-refractivity contribution in [1.29, 1.82) is 0 Å². The molecule has 0 bridgehead atoms. The zero-order chi connectivity index (χ0) is 25.6. The Balaban J connectivity index is 1.34. The van der Waals surface area contributed by atoms with Crippen molar-refractivity contribution in [2.75, 3.05) is 0 Å². The number of aryl methyl sites for hydroxylation is 3. The van der Waals surface area contributed by atoms with E-state index in [2.05, 4.69) is 4.98 Å². The topological polar surface area (TPSA) is 73.7 Å². The third kappa shape index (κ3) is 6.11. The summed E-state index contributed by atoms with van der Waals surface area (Å²) < 4.78 is 6.03. The van der Waals surface area contributed by atoms with Crippen LogP contribution in [-0.2, 0) is 18.0 Å². The van der Waals surface area contributed by atoms with E-state index in [1.807, 2.05) is 112 Å². The summed E-state index contributed by atoms with van der Waals surface area (Å²) in [6.45, 7) is 6.73. The molecule has 0 amide bonds. The first kappa shape index (κ1) is 24.4. The van der Waals surface area contributed by atoms with Gasteiger partial charge in [0.1, 0.15) is 0 Å². The molecule has 0 aliphatic heterocycles. The number of rotatable bonds is 8. The summed E-state index contributed by atoms with van der Waals surface area (Å²) >= 11 is 0. The van der Waals surface area contributed by atoms with Crippen LogP contribution in [0, 0.1) is 20.8 Å². The van der Waals surface area contributed by atoms with Crippen molar-refractivity contribution in [3.63, 3.8) is 0 Å². The predicted octanol–water partition coefficient (Wildman–Crippen LogP) is 6.15. The quantitative estimate of drug-likeness (QED) is 0.261. The normalized spacial score (nSPS) is 11.1. The Morgan fingerprint density at radius 3 is 1.49 bits per heavy atom. The SMILES string of the molecule is Cc1cccc(-c2cccc(COCc3cccc(C(c4cccc(C)n4)c4cccc(C)n4)n3)n2)n1. The smallest absolute Gasteiger partial charge is 0.0893 e. The van der Waals surface area contributed by atoms with Crippen LogP contribution in [0.25, 0.3) is 11.4 Å². The van der Waals surface area contributed by atoms with Crippen LogP contribution in [-0.4, -0.2) is 24.9 Å². The van der Waals surface area contributed by atoms with E-state index >= 15 is 0 Å². The van der Waals surface area contributed by atoms with E-state index in [-0.39, 0.29) is 5.92 Å². The molecule has 0 saturated carbocycles. The van der Waals surface area contributed by atoms with E-state index in [1.54, 1.807) is 0 Å². The maximum absolute atomic E-state index is 6.03. The summed E-state index contributed by atoms with van der Waals surface area (Å²) in [5, 5.41) is 0. The fourth-order valence-corrected chi connectivity index (χ4v) is 4.29. The van der Waals surface area contributed by atoms with Gasteiger partial charge in [0, 0.05) is 17.1 Å². The van der Waals surface area contributed by atoms with Gasteiger partial charge in [-0.1, -0.05) is 30.3 Å². The van der Waals surface area contributed by atoms with E-state index in [9.17, 15) is 0 Å². The molecule has 0 fully saturated rings. The second-order valence-electron chi connectivity index (χ2n) is 9.07. The lowest BCUT2D eigenvalue weighted by Gasteiger charge is -2.17. The first-order valence-electron chi connectivity index (χ1n) is 12.4. The zero-order valence-electron chi connectivity index (χ0n) is 21.3. The maximum Gasteiger partial charge on any atom is 0.0893 e. The van der Waals surface area contributed by atoms with Crippen molar-refractivity contribution in [3.8, 4) is 11.4 Å². The van der Waals surface area contributed by atoms with Crippen LogP contribution in [0.15, 0.2) is 91.0 Å². The Labute approximate surface area is 217 Å². The fourth-order valence-electron chi connectivity index (χ4n) is 4.29. The summed E-state index contributed by atoms with van der Waals surface area (Å²) in [6.07, 6.45) is 0. The molecule has 0 saturated heterocycles. The molecule has 6 heteroatoms. The van der Waals surface area contributed by atoms with E-state index in [0.29, 0.717) is 13.2 Å². The monoisotopic (exact) mass is 487 g/mol. The van der Waals surface area contributed by atoms with Gasteiger partial charge in [0.2, 0.25) is 0 Å². The van der Waals surface area contributed by atoms with Crippen LogP contribution in [0.3, 0.4) is 0 Å². The second-order valence-corrected chi connectivity index (χ2v) is 9.07. The number of pyridine rings is 5. The highest BCUT2D eigenvalue weighted by atomic mass is 16.5. The van der Waals surface area contributed by atoms with Crippen LogP contribution in [0.2, 0.25) is 0 Å². The van der Waals surface area contributed by atoms with E-state index in [1.165, 1.54) is 0 Å².